The molecule has 2 heterocycles. The van der Waals surface area contributed by atoms with Crippen molar-refractivity contribution in [2.24, 2.45) is 17.8 Å². The average molecular weight is 295 g/mol. The molecule has 124 valence electrons. The third-order valence-corrected chi connectivity index (χ3v) is 5.76. The Kier molecular flexibility index (Phi) is 7.01. The van der Waals surface area contributed by atoms with Gasteiger partial charge in [-0.25, -0.2) is 0 Å². The van der Waals surface area contributed by atoms with Crippen LogP contribution in [-0.2, 0) is 0 Å². The molecule has 0 atom stereocenters. The zero-order valence-electron chi connectivity index (χ0n) is 15.0. The van der Waals surface area contributed by atoms with Crippen LogP contribution in [-0.4, -0.2) is 48.6 Å². The van der Waals surface area contributed by atoms with Gasteiger partial charge < -0.3 is 9.80 Å². The van der Waals surface area contributed by atoms with Crippen LogP contribution >= 0.6 is 0 Å². The molecule has 21 heavy (non-hydrogen) atoms. The van der Waals surface area contributed by atoms with E-state index in [9.17, 15) is 0 Å². The number of hydrogen-bond donors (Lipinski definition) is 0. The second kappa shape index (κ2) is 8.53. The first-order valence-corrected chi connectivity index (χ1v) is 9.51. The number of nitrogens with zero attached hydrogens (tertiary/aromatic N) is 2. The molecule has 0 bridgehead atoms. The van der Waals surface area contributed by atoms with E-state index in [0.717, 1.165) is 23.8 Å². The largest absolute Gasteiger partial charge is 0.303 e. The van der Waals surface area contributed by atoms with Crippen molar-refractivity contribution in [1.82, 2.24) is 9.80 Å². The van der Waals surface area contributed by atoms with Crippen LogP contribution in [0.25, 0.3) is 0 Å². The van der Waals surface area contributed by atoms with Gasteiger partial charge in [-0.1, -0.05) is 26.7 Å². The van der Waals surface area contributed by atoms with E-state index in [2.05, 4.69) is 37.5 Å². The van der Waals surface area contributed by atoms with Crippen LogP contribution in [0.15, 0.2) is 0 Å². The minimum Gasteiger partial charge on any atom is -0.303 e. The summed E-state index contributed by atoms with van der Waals surface area (Å²) in [6.07, 6.45) is 8.66. The van der Waals surface area contributed by atoms with Gasteiger partial charge in [-0.05, 0) is 83.5 Å². The second-order valence-electron chi connectivity index (χ2n) is 8.29. The summed E-state index contributed by atoms with van der Waals surface area (Å²) in [5, 5.41) is 0. The molecule has 0 N–H and O–H groups in total. The zero-order chi connectivity index (χ0) is 15.2. The molecule has 2 heteroatoms. The van der Waals surface area contributed by atoms with Gasteiger partial charge in [0.15, 0.2) is 0 Å². The Labute approximate surface area is 133 Å². The number of hydrogen-bond acceptors (Lipinski definition) is 2. The average Bonchev–Trinajstić information content (AvgIpc) is 2.47. The maximum absolute atomic E-state index is 2.77. The standard InChI is InChI=1S/C19H38N2/c1-16(2)5-6-18-7-11-20(12-8-18)15-19-9-13-21(14-10-19)17(3)4/h16-19H,5-15H2,1-4H3. The molecule has 0 saturated carbocycles. The normalized spacial score (nSPS) is 24.3. The Balaban J connectivity index is 1.61. The van der Waals surface area contributed by atoms with E-state index in [1.54, 1.807) is 0 Å². The van der Waals surface area contributed by atoms with Gasteiger partial charge in [0.05, 0.1) is 0 Å². The molecule has 0 aromatic heterocycles. The van der Waals surface area contributed by atoms with Crippen molar-refractivity contribution in [3.8, 4) is 0 Å². The minimum absolute atomic E-state index is 0.739. The fourth-order valence-corrected chi connectivity index (χ4v) is 4.04. The van der Waals surface area contributed by atoms with Gasteiger partial charge in [-0.2, -0.15) is 0 Å². The Hall–Kier alpha value is -0.0800. The van der Waals surface area contributed by atoms with Crippen LogP contribution < -0.4 is 0 Å². The molecule has 2 fully saturated rings. The molecular weight excluding hydrogens is 256 g/mol. The Morgan fingerprint density at radius 1 is 0.810 bits per heavy atom. The second-order valence-corrected chi connectivity index (χ2v) is 8.29. The lowest BCUT2D eigenvalue weighted by molar-refractivity contribution is 0.102. The first-order chi connectivity index (χ1) is 10.0. The summed E-state index contributed by atoms with van der Waals surface area (Å²) in [4.78, 5) is 5.41. The van der Waals surface area contributed by atoms with Gasteiger partial charge in [0.25, 0.3) is 0 Å². The monoisotopic (exact) mass is 294 g/mol. The summed E-state index contributed by atoms with van der Waals surface area (Å²) < 4.78 is 0. The van der Waals surface area contributed by atoms with Crippen LogP contribution in [0.3, 0.4) is 0 Å². The fraction of sp³-hybridized carbons (Fsp3) is 1.00. The highest BCUT2D eigenvalue weighted by Crippen LogP contribution is 2.26. The van der Waals surface area contributed by atoms with Crippen molar-refractivity contribution >= 4 is 0 Å². The van der Waals surface area contributed by atoms with Gasteiger partial charge in [-0.3, -0.25) is 0 Å². The molecule has 2 aliphatic rings. The molecule has 0 aromatic carbocycles. The predicted octanol–water partition coefficient (Wildman–Crippen LogP) is 4.26. The van der Waals surface area contributed by atoms with Crippen LogP contribution in [0.4, 0.5) is 0 Å². The van der Waals surface area contributed by atoms with E-state index >= 15 is 0 Å². The minimum atomic E-state index is 0.739. The Morgan fingerprint density at radius 2 is 1.38 bits per heavy atom. The van der Waals surface area contributed by atoms with Crippen LogP contribution in [0.1, 0.15) is 66.2 Å². The molecule has 0 radical (unpaired) electrons. The molecule has 2 aliphatic heterocycles. The fourth-order valence-electron chi connectivity index (χ4n) is 4.04. The quantitative estimate of drug-likeness (QED) is 0.722. The summed E-state index contributed by atoms with van der Waals surface area (Å²) in [5.74, 6) is 2.87. The Morgan fingerprint density at radius 3 is 1.90 bits per heavy atom. The molecule has 0 aromatic rings. The zero-order valence-corrected chi connectivity index (χ0v) is 15.0. The molecule has 0 aliphatic carbocycles. The first-order valence-electron chi connectivity index (χ1n) is 9.51. The third-order valence-electron chi connectivity index (χ3n) is 5.76. The van der Waals surface area contributed by atoms with Crippen molar-refractivity contribution in [2.75, 3.05) is 32.7 Å². The van der Waals surface area contributed by atoms with Gasteiger partial charge in [0.2, 0.25) is 0 Å². The van der Waals surface area contributed by atoms with Gasteiger partial charge >= 0.3 is 0 Å². The summed E-state index contributed by atoms with van der Waals surface area (Å²) >= 11 is 0. The molecule has 2 rings (SSSR count). The summed E-state index contributed by atoms with van der Waals surface area (Å²) in [5.41, 5.74) is 0. The summed E-state index contributed by atoms with van der Waals surface area (Å²) in [6, 6.07) is 0.739. The van der Waals surface area contributed by atoms with Crippen molar-refractivity contribution in [1.29, 1.82) is 0 Å². The highest BCUT2D eigenvalue weighted by Gasteiger charge is 2.25. The highest BCUT2D eigenvalue weighted by molar-refractivity contribution is 4.79. The molecule has 2 nitrogen and oxygen atoms in total. The highest BCUT2D eigenvalue weighted by atomic mass is 15.2. The lowest BCUT2D eigenvalue weighted by Gasteiger charge is -2.39. The number of rotatable bonds is 6. The SMILES string of the molecule is CC(C)CCC1CCN(CC2CCN(C(C)C)CC2)CC1. The van der Waals surface area contributed by atoms with Crippen molar-refractivity contribution in [3.63, 3.8) is 0 Å². The van der Waals surface area contributed by atoms with Crippen LogP contribution in [0.2, 0.25) is 0 Å². The molecule has 0 spiro atoms. The Bertz CT molecular complexity index is 271. The van der Waals surface area contributed by atoms with Crippen molar-refractivity contribution in [3.05, 3.63) is 0 Å². The predicted molar refractivity (Wildman–Crippen MR) is 92.7 cm³/mol. The smallest absolute Gasteiger partial charge is 0.00385 e. The first kappa shape index (κ1) is 17.3. The van der Waals surface area contributed by atoms with Crippen LogP contribution in [0.5, 0.6) is 0 Å². The van der Waals surface area contributed by atoms with E-state index in [1.165, 1.54) is 71.2 Å². The lowest BCUT2D eigenvalue weighted by Crippen LogP contribution is -2.43. The maximum atomic E-state index is 2.77. The molecule has 0 amide bonds. The van der Waals surface area contributed by atoms with E-state index < -0.39 is 0 Å². The molecule has 2 saturated heterocycles. The van der Waals surface area contributed by atoms with Gasteiger partial charge in [0.1, 0.15) is 0 Å². The van der Waals surface area contributed by atoms with Crippen molar-refractivity contribution < 1.29 is 0 Å². The van der Waals surface area contributed by atoms with E-state index in [4.69, 9.17) is 0 Å². The molecular formula is C19H38N2. The summed E-state index contributed by atoms with van der Waals surface area (Å²) in [7, 11) is 0. The maximum Gasteiger partial charge on any atom is 0.00385 e. The molecule has 0 unspecified atom stereocenters. The lowest BCUT2D eigenvalue weighted by atomic mass is 9.88. The van der Waals surface area contributed by atoms with Gasteiger partial charge in [0, 0.05) is 12.6 Å². The summed E-state index contributed by atoms with van der Waals surface area (Å²) in [6.45, 7) is 16.2. The van der Waals surface area contributed by atoms with Crippen molar-refractivity contribution in [2.45, 2.75) is 72.3 Å². The van der Waals surface area contributed by atoms with E-state index in [1.807, 2.05) is 0 Å². The number of piperidine rings is 2. The topological polar surface area (TPSA) is 6.48 Å². The van der Waals surface area contributed by atoms with Gasteiger partial charge in [-0.15, -0.1) is 0 Å². The van der Waals surface area contributed by atoms with E-state index in [0.29, 0.717) is 0 Å². The third kappa shape index (κ3) is 5.90. The number of likely N-dealkylation sites (tertiary alicyclic amines) is 2. The van der Waals surface area contributed by atoms with E-state index in [-0.39, 0.29) is 0 Å². The van der Waals surface area contributed by atoms with Crippen LogP contribution in [0, 0.1) is 17.8 Å².